The van der Waals surface area contributed by atoms with E-state index in [-0.39, 0.29) is 5.91 Å². The number of H-pyrrole nitrogens is 1. The Morgan fingerprint density at radius 1 is 1.19 bits per heavy atom. The lowest BCUT2D eigenvalue weighted by atomic mass is 10.1. The monoisotopic (exact) mass is 282 g/mol. The fraction of sp³-hybridized carbons (Fsp3) is 0.125. The molecule has 3 aromatic rings. The number of carbonyl (C=O) groups excluding carboxylic acids is 1. The Bertz CT molecular complexity index is 844. The molecular formula is C16H14N2O3. The zero-order valence-electron chi connectivity index (χ0n) is 11.5. The summed E-state index contributed by atoms with van der Waals surface area (Å²) in [4.78, 5) is 25.7. The number of aromatic nitrogens is 1. The van der Waals surface area contributed by atoms with Gasteiger partial charge in [-0.15, -0.1) is 0 Å². The van der Waals surface area contributed by atoms with Gasteiger partial charge in [-0.1, -0.05) is 29.8 Å². The molecule has 0 unspecified atom stereocenters. The molecule has 0 atom stereocenters. The summed E-state index contributed by atoms with van der Waals surface area (Å²) >= 11 is 0. The summed E-state index contributed by atoms with van der Waals surface area (Å²) in [6, 6.07) is 12.8. The molecule has 2 N–H and O–H groups in total. The molecule has 0 aliphatic heterocycles. The number of fused-ring (bicyclic) bond motifs is 1. The molecule has 5 heteroatoms. The van der Waals surface area contributed by atoms with Crippen molar-refractivity contribution in [3.05, 3.63) is 69.7 Å². The third kappa shape index (κ3) is 2.86. The number of aryl methyl sites for hydroxylation is 1. The van der Waals surface area contributed by atoms with Crippen molar-refractivity contribution in [1.82, 2.24) is 10.3 Å². The minimum Gasteiger partial charge on any atom is -0.408 e. The van der Waals surface area contributed by atoms with Crippen LogP contribution in [0.3, 0.4) is 0 Å². The SMILES string of the molecule is Cc1ccc(CNC(=O)c2ccc3oc(=O)[nH]c3c2)cc1. The predicted octanol–water partition coefficient (Wildman–Crippen LogP) is 2.36. The number of benzene rings is 2. The summed E-state index contributed by atoms with van der Waals surface area (Å²) in [5.74, 6) is -0.721. The van der Waals surface area contributed by atoms with Crippen molar-refractivity contribution >= 4 is 17.0 Å². The van der Waals surface area contributed by atoms with E-state index in [2.05, 4.69) is 10.3 Å². The van der Waals surface area contributed by atoms with Gasteiger partial charge in [0.15, 0.2) is 5.58 Å². The van der Waals surface area contributed by atoms with Crippen LogP contribution in [0.5, 0.6) is 0 Å². The third-order valence-electron chi connectivity index (χ3n) is 3.25. The highest BCUT2D eigenvalue weighted by Gasteiger charge is 2.08. The molecule has 3 rings (SSSR count). The number of rotatable bonds is 3. The van der Waals surface area contributed by atoms with E-state index in [1.165, 1.54) is 5.56 Å². The van der Waals surface area contributed by atoms with Crippen LogP contribution < -0.4 is 11.1 Å². The molecule has 0 bridgehead atoms. The molecule has 1 aromatic heterocycles. The molecule has 0 radical (unpaired) electrons. The number of hydrogen-bond acceptors (Lipinski definition) is 3. The number of oxazole rings is 1. The average Bonchev–Trinajstić information content (AvgIpc) is 2.85. The van der Waals surface area contributed by atoms with Crippen LogP contribution in [-0.4, -0.2) is 10.9 Å². The third-order valence-corrected chi connectivity index (χ3v) is 3.25. The normalized spacial score (nSPS) is 10.7. The molecule has 21 heavy (non-hydrogen) atoms. The van der Waals surface area contributed by atoms with E-state index in [0.29, 0.717) is 23.2 Å². The first-order chi connectivity index (χ1) is 10.1. The fourth-order valence-electron chi connectivity index (χ4n) is 2.08. The van der Waals surface area contributed by atoms with Gasteiger partial charge in [-0.3, -0.25) is 9.78 Å². The van der Waals surface area contributed by atoms with Crippen molar-refractivity contribution in [1.29, 1.82) is 0 Å². The van der Waals surface area contributed by atoms with Gasteiger partial charge in [0.05, 0.1) is 5.52 Å². The van der Waals surface area contributed by atoms with Crippen LogP contribution in [0, 0.1) is 6.92 Å². The molecule has 0 fully saturated rings. The van der Waals surface area contributed by atoms with Crippen LogP contribution in [-0.2, 0) is 6.54 Å². The van der Waals surface area contributed by atoms with Gasteiger partial charge in [-0.05, 0) is 30.7 Å². The molecule has 0 spiro atoms. The quantitative estimate of drug-likeness (QED) is 0.774. The number of hydrogen-bond donors (Lipinski definition) is 2. The summed E-state index contributed by atoms with van der Waals surface area (Å²) in [6.07, 6.45) is 0. The predicted molar refractivity (Wildman–Crippen MR) is 79.2 cm³/mol. The second kappa shape index (κ2) is 5.28. The highest BCUT2D eigenvalue weighted by atomic mass is 16.4. The maximum absolute atomic E-state index is 12.1. The zero-order chi connectivity index (χ0) is 14.8. The van der Waals surface area contributed by atoms with Crippen LogP contribution in [0.2, 0.25) is 0 Å². The Labute approximate surface area is 120 Å². The lowest BCUT2D eigenvalue weighted by Gasteiger charge is -2.05. The first-order valence-electron chi connectivity index (χ1n) is 6.58. The largest absolute Gasteiger partial charge is 0.417 e. The Morgan fingerprint density at radius 3 is 2.71 bits per heavy atom. The van der Waals surface area contributed by atoms with E-state index in [1.54, 1.807) is 18.2 Å². The fourth-order valence-corrected chi connectivity index (χ4v) is 2.08. The van der Waals surface area contributed by atoms with E-state index in [9.17, 15) is 9.59 Å². The van der Waals surface area contributed by atoms with Crippen LogP contribution in [0.15, 0.2) is 51.7 Å². The van der Waals surface area contributed by atoms with Gasteiger partial charge in [0, 0.05) is 12.1 Å². The minimum absolute atomic E-state index is 0.195. The van der Waals surface area contributed by atoms with E-state index < -0.39 is 5.76 Å². The van der Waals surface area contributed by atoms with Crippen LogP contribution in [0.4, 0.5) is 0 Å². The van der Waals surface area contributed by atoms with Gasteiger partial charge in [0.2, 0.25) is 0 Å². The van der Waals surface area contributed by atoms with Gasteiger partial charge >= 0.3 is 5.76 Å². The number of carbonyl (C=O) groups is 1. The first kappa shape index (κ1) is 13.2. The minimum atomic E-state index is -0.526. The van der Waals surface area contributed by atoms with Crippen LogP contribution in [0.1, 0.15) is 21.5 Å². The molecule has 1 amide bonds. The van der Waals surface area contributed by atoms with Crippen molar-refractivity contribution in [2.24, 2.45) is 0 Å². The topological polar surface area (TPSA) is 75.1 Å². The summed E-state index contributed by atoms with van der Waals surface area (Å²) in [6.45, 7) is 2.47. The number of aromatic amines is 1. The highest BCUT2D eigenvalue weighted by Crippen LogP contribution is 2.12. The Hall–Kier alpha value is -2.82. The molecular weight excluding hydrogens is 268 g/mol. The van der Waals surface area contributed by atoms with E-state index in [0.717, 1.165) is 5.56 Å². The molecule has 0 aliphatic rings. The van der Waals surface area contributed by atoms with Crippen molar-refractivity contribution in [3.8, 4) is 0 Å². The highest BCUT2D eigenvalue weighted by molar-refractivity contribution is 5.96. The Kier molecular flexibility index (Phi) is 3.31. The Morgan fingerprint density at radius 2 is 1.95 bits per heavy atom. The van der Waals surface area contributed by atoms with Crippen molar-refractivity contribution < 1.29 is 9.21 Å². The molecule has 2 aromatic carbocycles. The van der Waals surface area contributed by atoms with Crippen molar-refractivity contribution in [2.75, 3.05) is 0 Å². The zero-order valence-corrected chi connectivity index (χ0v) is 11.5. The molecule has 1 heterocycles. The molecule has 0 saturated carbocycles. The average molecular weight is 282 g/mol. The van der Waals surface area contributed by atoms with Gasteiger partial charge in [0.25, 0.3) is 5.91 Å². The lowest BCUT2D eigenvalue weighted by Crippen LogP contribution is -2.22. The lowest BCUT2D eigenvalue weighted by molar-refractivity contribution is 0.0951. The van der Waals surface area contributed by atoms with Gasteiger partial charge in [-0.25, -0.2) is 4.79 Å². The summed E-state index contributed by atoms with van der Waals surface area (Å²) < 4.78 is 4.90. The summed E-state index contributed by atoms with van der Waals surface area (Å²) in [5.41, 5.74) is 3.65. The summed E-state index contributed by atoms with van der Waals surface area (Å²) in [7, 11) is 0. The Balaban J connectivity index is 1.74. The smallest absolute Gasteiger partial charge is 0.408 e. The summed E-state index contributed by atoms with van der Waals surface area (Å²) in [5, 5.41) is 2.84. The van der Waals surface area contributed by atoms with E-state index in [1.807, 2.05) is 31.2 Å². The molecule has 106 valence electrons. The van der Waals surface area contributed by atoms with Gasteiger partial charge in [-0.2, -0.15) is 0 Å². The molecule has 0 aliphatic carbocycles. The van der Waals surface area contributed by atoms with Crippen molar-refractivity contribution in [3.63, 3.8) is 0 Å². The van der Waals surface area contributed by atoms with E-state index in [4.69, 9.17) is 4.42 Å². The van der Waals surface area contributed by atoms with E-state index >= 15 is 0 Å². The van der Waals surface area contributed by atoms with Crippen LogP contribution >= 0.6 is 0 Å². The second-order valence-electron chi connectivity index (χ2n) is 4.89. The van der Waals surface area contributed by atoms with Gasteiger partial charge in [0.1, 0.15) is 0 Å². The number of amides is 1. The molecule has 0 saturated heterocycles. The van der Waals surface area contributed by atoms with Crippen LogP contribution in [0.25, 0.3) is 11.1 Å². The maximum atomic E-state index is 12.1. The van der Waals surface area contributed by atoms with Gasteiger partial charge < -0.3 is 9.73 Å². The molecule has 5 nitrogen and oxygen atoms in total. The number of nitrogens with one attached hydrogen (secondary N) is 2. The standard InChI is InChI=1S/C16H14N2O3/c1-10-2-4-11(5-3-10)9-17-15(19)12-6-7-14-13(8-12)18-16(20)21-14/h2-8H,9H2,1H3,(H,17,19)(H,18,20). The second-order valence-corrected chi connectivity index (χ2v) is 4.89. The first-order valence-corrected chi connectivity index (χ1v) is 6.58. The maximum Gasteiger partial charge on any atom is 0.417 e. The van der Waals surface area contributed by atoms with Crippen molar-refractivity contribution in [2.45, 2.75) is 13.5 Å².